The number of amides is 3. The average Bonchev–Trinajstić information content (AvgIpc) is 2.66. The summed E-state index contributed by atoms with van der Waals surface area (Å²) >= 11 is 0. The predicted octanol–water partition coefficient (Wildman–Crippen LogP) is 4.02. The van der Waals surface area contributed by atoms with E-state index in [0.717, 1.165) is 0 Å². The molecular formula is C23H30F2N2O4. The number of hydrogen-bond acceptors (Lipinski definition) is 4. The van der Waals surface area contributed by atoms with E-state index in [4.69, 9.17) is 4.74 Å². The fraction of sp³-hybridized carbons (Fsp3) is 0.609. The van der Waals surface area contributed by atoms with E-state index in [1.165, 1.54) is 11.0 Å². The highest BCUT2D eigenvalue weighted by Gasteiger charge is 2.37. The molecule has 2 aliphatic heterocycles. The van der Waals surface area contributed by atoms with Crippen molar-refractivity contribution in [1.29, 1.82) is 0 Å². The van der Waals surface area contributed by atoms with Crippen molar-refractivity contribution >= 4 is 17.9 Å². The molecule has 2 aliphatic rings. The van der Waals surface area contributed by atoms with Crippen LogP contribution in [-0.2, 0) is 20.7 Å². The number of nitrogens with zero attached hydrogens (tertiary/aromatic N) is 1. The Labute approximate surface area is 181 Å². The van der Waals surface area contributed by atoms with E-state index < -0.39 is 35.0 Å². The highest BCUT2D eigenvalue weighted by molar-refractivity contribution is 6.00. The van der Waals surface area contributed by atoms with Crippen molar-refractivity contribution in [2.75, 3.05) is 13.1 Å². The van der Waals surface area contributed by atoms with Gasteiger partial charge in [-0.2, -0.15) is 0 Å². The van der Waals surface area contributed by atoms with Crippen molar-refractivity contribution in [2.24, 2.45) is 0 Å². The molecular weight excluding hydrogens is 406 g/mol. The van der Waals surface area contributed by atoms with Crippen molar-refractivity contribution in [3.8, 4) is 0 Å². The van der Waals surface area contributed by atoms with Crippen molar-refractivity contribution < 1.29 is 27.9 Å². The minimum atomic E-state index is -1.47. The molecule has 3 amide bonds. The van der Waals surface area contributed by atoms with Crippen LogP contribution in [0.2, 0.25) is 0 Å². The van der Waals surface area contributed by atoms with Gasteiger partial charge >= 0.3 is 6.09 Å². The van der Waals surface area contributed by atoms with Gasteiger partial charge in [0.2, 0.25) is 11.8 Å². The zero-order valence-electron chi connectivity index (χ0n) is 18.3. The van der Waals surface area contributed by atoms with Gasteiger partial charge in [-0.3, -0.25) is 14.9 Å². The number of halogens is 2. The monoisotopic (exact) mass is 436 g/mol. The normalized spacial score (nSPS) is 21.6. The molecule has 31 heavy (non-hydrogen) atoms. The lowest BCUT2D eigenvalue weighted by Crippen LogP contribution is -2.46. The van der Waals surface area contributed by atoms with Crippen molar-refractivity contribution in [1.82, 2.24) is 10.2 Å². The zero-order valence-corrected chi connectivity index (χ0v) is 18.3. The lowest BCUT2D eigenvalue weighted by atomic mass is 9.86. The molecule has 0 radical (unpaired) electrons. The summed E-state index contributed by atoms with van der Waals surface area (Å²) in [4.78, 5) is 36.9. The van der Waals surface area contributed by atoms with Crippen molar-refractivity contribution in [3.05, 3.63) is 35.1 Å². The Hall–Kier alpha value is -2.51. The number of nitrogens with one attached hydrogen (secondary N) is 1. The lowest BCUT2D eigenvalue weighted by molar-refractivity contribution is -0.134. The highest BCUT2D eigenvalue weighted by atomic mass is 19.1. The summed E-state index contributed by atoms with van der Waals surface area (Å²) in [5, 5.41) is 2.27. The molecule has 3 rings (SSSR count). The van der Waals surface area contributed by atoms with Gasteiger partial charge in [0.1, 0.15) is 17.1 Å². The Balaban J connectivity index is 1.55. The largest absolute Gasteiger partial charge is 0.444 e. The van der Waals surface area contributed by atoms with E-state index >= 15 is 4.39 Å². The number of likely N-dealkylation sites (tertiary alicyclic amines) is 1. The number of benzene rings is 1. The average molecular weight is 436 g/mol. The third-order valence-corrected chi connectivity index (χ3v) is 5.87. The van der Waals surface area contributed by atoms with E-state index in [-0.39, 0.29) is 51.1 Å². The molecule has 2 saturated heterocycles. The minimum absolute atomic E-state index is 0.157. The molecule has 1 aromatic carbocycles. The van der Waals surface area contributed by atoms with Gasteiger partial charge in [0.25, 0.3) is 0 Å². The highest BCUT2D eigenvalue weighted by Crippen LogP contribution is 2.33. The van der Waals surface area contributed by atoms with Crippen LogP contribution in [0.25, 0.3) is 0 Å². The molecule has 0 bridgehead atoms. The molecule has 8 heteroatoms. The van der Waals surface area contributed by atoms with Gasteiger partial charge in [0.15, 0.2) is 0 Å². The topological polar surface area (TPSA) is 75.7 Å². The SMILES string of the molecule is CC(C)(C)OC(=O)N1CCC(F)(CCc2ccc([C@@H]3CCC(=O)NC3=O)cc2F)CC1. The number of ether oxygens (including phenoxy) is 1. The third-order valence-electron chi connectivity index (χ3n) is 5.87. The molecule has 0 aromatic heterocycles. The van der Waals surface area contributed by atoms with Crippen LogP contribution in [-0.4, -0.2) is 47.2 Å². The first-order valence-electron chi connectivity index (χ1n) is 10.7. The summed E-state index contributed by atoms with van der Waals surface area (Å²) in [7, 11) is 0. The third kappa shape index (κ3) is 6.02. The molecule has 2 heterocycles. The van der Waals surface area contributed by atoms with E-state index in [2.05, 4.69) is 5.32 Å². The van der Waals surface area contributed by atoms with E-state index in [0.29, 0.717) is 17.5 Å². The fourth-order valence-electron chi connectivity index (χ4n) is 4.02. The number of rotatable bonds is 4. The second-order valence-corrected chi connectivity index (χ2v) is 9.47. The molecule has 1 atom stereocenters. The van der Waals surface area contributed by atoms with Crippen LogP contribution in [0.5, 0.6) is 0 Å². The van der Waals surface area contributed by atoms with E-state index in [9.17, 15) is 18.8 Å². The van der Waals surface area contributed by atoms with Crippen LogP contribution in [0.3, 0.4) is 0 Å². The van der Waals surface area contributed by atoms with Gasteiger partial charge in [-0.1, -0.05) is 12.1 Å². The Kier molecular flexibility index (Phi) is 6.67. The van der Waals surface area contributed by atoms with Gasteiger partial charge in [-0.25, -0.2) is 13.6 Å². The molecule has 0 unspecified atom stereocenters. The molecule has 1 aromatic rings. The summed E-state index contributed by atoms with van der Waals surface area (Å²) in [5.41, 5.74) is -1.15. The van der Waals surface area contributed by atoms with Crippen LogP contribution in [0.4, 0.5) is 13.6 Å². The van der Waals surface area contributed by atoms with Gasteiger partial charge in [0.05, 0.1) is 5.92 Å². The van der Waals surface area contributed by atoms with Gasteiger partial charge < -0.3 is 9.64 Å². The van der Waals surface area contributed by atoms with E-state index in [1.54, 1.807) is 32.9 Å². The molecule has 0 spiro atoms. The van der Waals surface area contributed by atoms with Crippen LogP contribution >= 0.6 is 0 Å². The number of carbonyl (C=O) groups excluding carboxylic acids is 3. The summed E-state index contributed by atoms with van der Waals surface area (Å²) in [5.74, 6) is -1.75. The van der Waals surface area contributed by atoms with Gasteiger partial charge in [-0.15, -0.1) is 0 Å². The number of piperidine rings is 2. The first kappa shape index (κ1) is 23.2. The Morgan fingerprint density at radius 1 is 1.26 bits per heavy atom. The standard InChI is InChI=1S/C23H30F2N2O4/c1-22(2,3)31-21(30)27-12-10-23(25,11-13-27)9-8-15-4-5-16(14-18(15)24)17-6-7-19(28)26-20(17)29/h4-5,14,17H,6-13H2,1-3H3,(H,26,28,29)/t17-/m0/s1. The van der Waals surface area contributed by atoms with Gasteiger partial charge in [-0.05, 0) is 70.1 Å². The fourth-order valence-corrected chi connectivity index (χ4v) is 4.02. The molecule has 0 aliphatic carbocycles. The summed E-state index contributed by atoms with van der Waals surface area (Å²) in [6, 6.07) is 4.58. The Bertz CT molecular complexity index is 858. The van der Waals surface area contributed by atoms with Crippen LogP contribution in [0, 0.1) is 5.82 Å². The first-order chi connectivity index (χ1) is 14.5. The number of hydrogen-bond donors (Lipinski definition) is 1. The minimum Gasteiger partial charge on any atom is -0.444 e. The van der Waals surface area contributed by atoms with E-state index in [1.807, 2.05) is 0 Å². The maximum Gasteiger partial charge on any atom is 0.410 e. The van der Waals surface area contributed by atoms with Crippen molar-refractivity contribution in [2.45, 2.75) is 76.5 Å². The quantitative estimate of drug-likeness (QED) is 0.724. The maximum absolute atomic E-state index is 15.2. The molecule has 1 N–H and O–H groups in total. The summed E-state index contributed by atoms with van der Waals surface area (Å²) in [6.45, 7) is 5.89. The van der Waals surface area contributed by atoms with Crippen LogP contribution < -0.4 is 5.32 Å². The molecule has 6 nitrogen and oxygen atoms in total. The first-order valence-corrected chi connectivity index (χ1v) is 10.7. The lowest BCUT2D eigenvalue weighted by Gasteiger charge is -2.37. The number of aryl methyl sites for hydroxylation is 1. The molecule has 0 saturated carbocycles. The zero-order chi connectivity index (χ0) is 22.8. The Morgan fingerprint density at radius 3 is 2.52 bits per heavy atom. The molecule has 2 fully saturated rings. The Morgan fingerprint density at radius 2 is 1.94 bits per heavy atom. The number of carbonyl (C=O) groups is 3. The van der Waals surface area contributed by atoms with Gasteiger partial charge in [0, 0.05) is 19.5 Å². The van der Waals surface area contributed by atoms with Crippen LogP contribution in [0.1, 0.15) is 69.9 Å². The maximum atomic E-state index is 15.2. The summed E-state index contributed by atoms with van der Waals surface area (Å²) in [6.07, 6.45) is 0.888. The second-order valence-electron chi connectivity index (χ2n) is 9.47. The number of alkyl halides is 1. The van der Waals surface area contributed by atoms with Crippen LogP contribution in [0.15, 0.2) is 18.2 Å². The van der Waals surface area contributed by atoms with Crippen molar-refractivity contribution in [3.63, 3.8) is 0 Å². The molecule has 170 valence electrons. The predicted molar refractivity (Wildman–Crippen MR) is 111 cm³/mol. The smallest absolute Gasteiger partial charge is 0.410 e. The second kappa shape index (κ2) is 8.93. The number of imide groups is 1. The summed E-state index contributed by atoms with van der Waals surface area (Å²) < 4.78 is 35.2.